The Morgan fingerprint density at radius 3 is 2.89 bits per heavy atom. The summed E-state index contributed by atoms with van der Waals surface area (Å²) in [6, 6.07) is 6.43. The summed E-state index contributed by atoms with van der Waals surface area (Å²) in [5, 5.41) is 6.31. The van der Waals surface area contributed by atoms with Crippen LogP contribution in [0.15, 0.2) is 18.2 Å². The number of amides is 1. The van der Waals surface area contributed by atoms with E-state index in [4.69, 9.17) is 0 Å². The number of aryl methyl sites for hydroxylation is 2. The second kappa shape index (κ2) is 6.01. The van der Waals surface area contributed by atoms with Gasteiger partial charge < -0.3 is 10.6 Å². The van der Waals surface area contributed by atoms with Gasteiger partial charge in [-0.25, -0.2) is 0 Å². The van der Waals surface area contributed by atoms with Gasteiger partial charge in [-0.3, -0.25) is 4.79 Å². The Kier molecular flexibility index (Phi) is 4.37. The average Bonchev–Trinajstić information content (AvgIpc) is 2.56. The van der Waals surface area contributed by atoms with Gasteiger partial charge in [0.15, 0.2) is 0 Å². The molecule has 1 fully saturated rings. The van der Waals surface area contributed by atoms with Gasteiger partial charge in [-0.2, -0.15) is 0 Å². The fraction of sp³-hybridized carbons (Fsp3) is 0.533. The van der Waals surface area contributed by atoms with E-state index in [1.165, 1.54) is 16.7 Å². The first-order valence-corrected chi connectivity index (χ1v) is 6.74. The molecule has 0 spiro atoms. The van der Waals surface area contributed by atoms with Crippen molar-refractivity contribution in [2.75, 3.05) is 6.54 Å². The molecule has 0 unspecified atom stereocenters. The molecule has 1 aliphatic heterocycles. The Morgan fingerprint density at radius 1 is 1.28 bits per heavy atom. The predicted octanol–water partition coefficient (Wildman–Crippen LogP) is 2.06. The van der Waals surface area contributed by atoms with Gasteiger partial charge in [0.1, 0.15) is 0 Å². The molecule has 1 atom stereocenters. The Bertz CT molecular complexity index is 429. The monoisotopic (exact) mass is 246 g/mol. The summed E-state index contributed by atoms with van der Waals surface area (Å²) in [5.41, 5.74) is 3.86. The molecule has 2 rings (SSSR count). The first-order valence-electron chi connectivity index (χ1n) is 6.74. The van der Waals surface area contributed by atoms with Gasteiger partial charge in [-0.1, -0.05) is 18.2 Å². The van der Waals surface area contributed by atoms with Crippen LogP contribution in [0.1, 0.15) is 36.0 Å². The smallest absolute Gasteiger partial charge is 0.237 e. The minimum Gasteiger partial charge on any atom is -0.355 e. The Hall–Kier alpha value is -1.35. The molecule has 1 saturated heterocycles. The Balaban J connectivity index is 1.93. The van der Waals surface area contributed by atoms with Crippen molar-refractivity contribution in [1.29, 1.82) is 0 Å². The van der Waals surface area contributed by atoms with E-state index in [9.17, 15) is 4.79 Å². The fourth-order valence-corrected chi connectivity index (χ4v) is 2.29. The number of carbonyl (C=O) groups excluding carboxylic acids is 1. The molecule has 0 bridgehead atoms. The molecule has 3 heteroatoms. The second-order valence-electron chi connectivity index (χ2n) is 5.14. The highest BCUT2D eigenvalue weighted by atomic mass is 16.2. The van der Waals surface area contributed by atoms with Gasteiger partial charge in [0.2, 0.25) is 5.91 Å². The van der Waals surface area contributed by atoms with Gasteiger partial charge >= 0.3 is 0 Å². The number of hydrogen-bond acceptors (Lipinski definition) is 2. The zero-order valence-corrected chi connectivity index (χ0v) is 11.3. The van der Waals surface area contributed by atoms with Crippen molar-refractivity contribution < 1.29 is 4.79 Å². The lowest BCUT2D eigenvalue weighted by atomic mass is 10.1. The molecule has 2 N–H and O–H groups in total. The van der Waals surface area contributed by atoms with Gasteiger partial charge in [-0.15, -0.1) is 0 Å². The maximum atomic E-state index is 11.8. The van der Waals surface area contributed by atoms with Crippen molar-refractivity contribution in [2.24, 2.45) is 0 Å². The highest BCUT2D eigenvalue weighted by molar-refractivity contribution is 5.81. The third kappa shape index (κ3) is 3.33. The standard InChI is InChI=1S/C15H22N2O/c1-11-6-7-13(9-12(11)2)10-17-14-5-3-4-8-16-15(14)18/h6-7,9,14,17H,3-5,8,10H2,1-2H3,(H,16,18)/t14-/m0/s1. The zero-order valence-electron chi connectivity index (χ0n) is 11.3. The van der Waals surface area contributed by atoms with Gasteiger partial charge in [0.25, 0.3) is 0 Å². The number of benzene rings is 1. The lowest BCUT2D eigenvalue weighted by molar-refractivity contribution is -0.122. The normalized spacial score (nSPS) is 20.3. The molecule has 1 heterocycles. The fourth-order valence-electron chi connectivity index (χ4n) is 2.29. The molecule has 18 heavy (non-hydrogen) atoms. The van der Waals surface area contributed by atoms with Crippen molar-refractivity contribution in [1.82, 2.24) is 10.6 Å². The van der Waals surface area contributed by atoms with Crippen LogP contribution in [-0.2, 0) is 11.3 Å². The summed E-state index contributed by atoms with van der Waals surface area (Å²) in [6.45, 7) is 5.82. The summed E-state index contributed by atoms with van der Waals surface area (Å²) in [7, 11) is 0. The van der Waals surface area contributed by atoms with Crippen LogP contribution < -0.4 is 10.6 Å². The number of hydrogen-bond donors (Lipinski definition) is 2. The molecular formula is C15H22N2O. The van der Waals surface area contributed by atoms with Crippen molar-refractivity contribution in [2.45, 2.75) is 45.7 Å². The van der Waals surface area contributed by atoms with Crippen LogP contribution in [0.5, 0.6) is 0 Å². The van der Waals surface area contributed by atoms with Crippen LogP contribution in [0, 0.1) is 13.8 Å². The van der Waals surface area contributed by atoms with E-state index < -0.39 is 0 Å². The van der Waals surface area contributed by atoms with E-state index in [2.05, 4.69) is 42.7 Å². The third-order valence-electron chi connectivity index (χ3n) is 3.66. The zero-order chi connectivity index (χ0) is 13.0. The van der Waals surface area contributed by atoms with E-state index in [1.54, 1.807) is 0 Å². The van der Waals surface area contributed by atoms with Crippen LogP contribution in [-0.4, -0.2) is 18.5 Å². The van der Waals surface area contributed by atoms with Crippen LogP contribution in [0.25, 0.3) is 0 Å². The number of rotatable bonds is 3. The van der Waals surface area contributed by atoms with Crippen molar-refractivity contribution >= 4 is 5.91 Å². The third-order valence-corrected chi connectivity index (χ3v) is 3.66. The highest BCUT2D eigenvalue weighted by Crippen LogP contribution is 2.11. The SMILES string of the molecule is Cc1ccc(CN[C@H]2CCCCNC2=O)cc1C. The average molecular weight is 246 g/mol. The van der Waals surface area contributed by atoms with E-state index >= 15 is 0 Å². The molecule has 3 nitrogen and oxygen atoms in total. The van der Waals surface area contributed by atoms with Crippen LogP contribution in [0.3, 0.4) is 0 Å². The summed E-state index contributed by atoms with van der Waals surface area (Å²) in [6.07, 6.45) is 3.15. The number of carbonyl (C=O) groups is 1. The summed E-state index contributed by atoms with van der Waals surface area (Å²) in [4.78, 5) is 11.8. The first-order chi connectivity index (χ1) is 8.66. The first kappa shape index (κ1) is 13.1. The lowest BCUT2D eigenvalue weighted by Crippen LogP contribution is -2.42. The molecule has 0 aliphatic carbocycles. The molecule has 0 saturated carbocycles. The largest absolute Gasteiger partial charge is 0.355 e. The Labute approximate surface area is 109 Å². The van der Waals surface area contributed by atoms with Crippen LogP contribution >= 0.6 is 0 Å². The highest BCUT2D eigenvalue weighted by Gasteiger charge is 2.19. The van der Waals surface area contributed by atoms with Crippen molar-refractivity contribution in [3.63, 3.8) is 0 Å². The summed E-state index contributed by atoms with van der Waals surface area (Å²) in [5.74, 6) is 0.149. The molecule has 1 aromatic carbocycles. The minimum absolute atomic E-state index is 0.0332. The van der Waals surface area contributed by atoms with Gasteiger partial charge in [-0.05, 0) is 49.8 Å². The Morgan fingerprint density at radius 2 is 2.11 bits per heavy atom. The number of nitrogens with one attached hydrogen (secondary N) is 2. The summed E-state index contributed by atoms with van der Waals surface area (Å²) < 4.78 is 0. The molecule has 1 amide bonds. The van der Waals surface area contributed by atoms with Gasteiger partial charge in [0.05, 0.1) is 6.04 Å². The summed E-state index contributed by atoms with van der Waals surface area (Å²) >= 11 is 0. The topological polar surface area (TPSA) is 41.1 Å². The van der Waals surface area contributed by atoms with Crippen molar-refractivity contribution in [3.8, 4) is 0 Å². The van der Waals surface area contributed by atoms with Crippen molar-refractivity contribution in [3.05, 3.63) is 34.9 Å². The van der Waals surface area contributed by atoms with E-state index in [0.717, 1.165) is 32.4 Å². The van der Waals surface area contributed by atoms with E-state index in [1.807, 2.05) is 0 Å². The molecule has 1 aliphatic rings. The van der Waals surface area contributed by atoms with Crippen LogP contribution in [0.2, 0.25) is 0 Å². The molecule has 0 aromatic heterocycles. The van der Waals surface area contributed by atoms with E-state index in [-0.39, 0.29) is 11.9 Å². The van der Waals surface area contributed by atoms with E-state index in [0.29, 0.717) is 0 Å². The maximum absolute atomic E-state index is 11.8. The minimum atomic E-state index is -0.0332. The molecular weight excluding hydrogens is 224 g/mol. The maximum Gasteiger partial charge on any atom is 0.237 e. The lowest BCUT2D eigenvalue weighted by Gasteiger charge is -2.15. The second-order valence-corrected chi connectivity index (χ2v) is 5.14. The quantitative estimate of drug-likeness (QED) is 0.857. The molecule has 1 aromatic rings. The predicted molar refractivity (Wildman–Crippen MR) is 73.4 cm³/mol. The van der Waals surface area contributed by atoms with Crippen LogP contribution in [0.4, 0.5) is 0 Å². The van der Waals surface area contributed by atoms with Gasteiger partial charge in [0, 0.05) is 13.1 Å². The molecule has 0 radical (unpaired) electrons. The molecule has 98 valence electrons.